The van der Waals surface area contributed by atoms with E-state index in [-0.39, 0.29) is 12.1 Å². The Bertz CT molecular complexity index is 187. The Morgan fingerprint density at radius 3 is 2.87 bits per heavy atom. The molecule has 0 aromatic carbocycles. The van der Waals surface area contributed by atoms with Crippen LogP contribution in [0.1, 0.15) is 33.1 Å². The molecule has 1 saturated heterocycles. The van der Waals surface area contributed by atoms with Crippen LogP contribution in [0, 0.1) is 0 Å². The molecule has 0 saturated carbocycles. The molecule has 1 rings (SSSR count). The first-order chi connectivity index (χ1) is 7.27. The number of carbonyl (C=O) groups excluding carboxylic acids is 1. The van der Waals surface area contributed by atoms with Gasteiger partial charge in [-0.1, -0.05) is 13.3 Å². The monoisotopic (exact) mass is 216 g/mol. The van der Waals surface area contributed by atoms with Crippen LogP contribution in [0.5, 0.6) is 0 Å². The molecule has 0 amide bonds. The molecule has 15 heavy (non-hydrogen) atoms. The third kappa shape index (κ3) is 4.18. The molecular weight excluding hydrogens is 196 g/mol. The molecule has 0 aliphatic carbocycles. The van der Waals surface area contributed by atoms with Gasteiger partial charge in [0.1, 0.15) is 0 Å². The second-order valence-corrected chi connectivity index (χ2v) is 3.65. The number of rotatable bonds is 6. The average Bonchev–Trinajstić information content (AvgIpc) is 2.70. The van der Waals surface area contributed by atoms with Gasteiger partial charge in [-0.15, -0.1) is 0 Å². The summed E-state index contributed by atoms with van der Waals surface area (Å²) in [5.41, 5.74) is 0. The van der Waals surface area contributed by atoms with Crippen molar-refractivity contribution in [3.8, 4) is 0 Å². The smallest absolute Gasteiger partial charge is 0.335 e. The molecule has 2 atom stereocenters. The second kappa shape index (κ2) is 6.80. The topological polar surface area (TPSA) is 44.8 Å². The van der Waals surface area contributed by atoms with E-state index < -0.39 is 6.10 Å². The van der Waals surface area contributed by atoms with Gasteiger partial charge in [-0.2, -0.15) is 0 Å². The van der Waals surface area contributed by atoms with Crippen LogP contribution in [0.4, 0.5) is 0 Å². The number of hydrogen-bond donors (Lipinski definition) is 0. The van der Waals surface area contributed by atoms with Gasteiger partial charge in [0.25, 0.3) is 0 Å². The molecule has 0 spiro atoms. The summed E-state index contributed by atoms with van der Waals surface area (Å²) < 4.78 is 15.8. The number of carbonyl (C=O) groups is 1. The predicted octanol–water partition coefficient (Wildman–Crippen LogP) is 1.52. The van der Waals surface area contributed by atoms with Crippen LogP contribution >= 0.6 is 0 Å². The summed E-state index contributed by atoms with van der Waals surface area (Å²) >= 11 is 0. The largest absolute Gasteiger partial charge is 0.464 e. The highest BCUT2D eigenvalue weighted by Gasteiger charge is 2.26. The van der Waals surface area contributed by atoms with Crippen molar-refractivity contribution in [1.82, 2.24) is 0 Å². The molecule has 0 aromatic heterocycles. The normalized spacial score (nSPS) is 22.7. The molecule has 0 radical (unpaired) electrons. The molecule has 1 aliphatic rings. The van der Waals surface area contributed by atoms with E-state index in [0.717, 1.165) is 25.9 Å². The van der Waals surface area contributed by atoms with Gasteiger partial charge in [-0.3, -0.25) is 0 Å². The highest BCUT2D eigenvalue weighted by molar-refractivity contribution is 5.74. The van der Waals surface area contributed by atoms with E-state index in [1.165, 1.54) is 0 Å². The third-order valence-corrected chi connectivity index (χ3v) is 2.34. The summed E-state index contributed by atoms with van der Waals surface area (Å²) in [5.74, 6) is -0.244. The summed E-state index contributed by atoms with van der Waals surface area (Å²) in [4.78, 5) is 11.5. The molecule has 2 unspecified atom stereocenters. The molecule has 1 heterocycles. The fourth-order valence-electron chi connectivity index (χ4n) is 1.59. The predicted molar refractivity (Wildman–Crippen MR) is 55.6 cm³/mol. The average molecular weight is 216 g/mol. The van der Waals surface area contributed by atoms with Gasteiger partial charge in [0.2, 0.25) is 0 Å². The zero-order valence-electron chi connectivity index (χ0n) is 9.53. The van der Waals surface area contributed by atoms with Crippen LogP contribution in [0.25, 0.3) is 0 Å². The molecule has 0 N–H and O–H groups in total. The maximum absolute atomic E-state index is 11.5. The molecule has 88 valence electrons. The van der Waals surface area contributed by atoms with Gasteiger partial charge in [0.15, 0.2) is 6.10 Å². The summed E-state index contributed by atoms with van der Waals surface area (Å²) in [5, 5.41) is 0. The van der Waals surface area contributed by atoms with Gasteiger partial charge in [0.05, 0.1) is 19.3 Å². The molecule has 1 fully saturated rings. The van der Waals surface area contributed by atoms with E-state index in [2.05, 4.69) is 0 Å². The van der Waals surface area contributed by atoms with Crippen molar-refractivity contribution in [3.63, 3.8) is 0 Å². The lowest BCUT2D eigenvalue weighted by atomic mass is 10.2. The minimum Gasteiger partial charge on any atom is -0.464 e. The van der Waals surface area contributed by atoms with Gasteiger partial charge < -0.3 is 14.2 Å². The quantitative estimate of drug-likeness (QED) is 0.631. The third-order valence-electron chi connectivity index (χ3n) is 2.34. The van der Waals surface area contributed by atoms with Crippen molar-refractivity contribution in [2.24, 2.45) is 0 Å². The SMILES string of the molecule is CCCC(OC1CCOC1)C(=O)OCC. The Morgan fingerprint density at radius 2 is 2.33 bits per heavy atom. The van der Waals surface area contributed by atoms with E-state index in [1.807, 2.05) is 6.92 Å². The van der Waals surface area contributed by atoms with Crippen molar-refractivity contribution < 1.29 is 19.0 Å². The van der Waals surface area contributed by atoms with Gasteiger partial charge in [-0.25, -0.2) is 4.79 Å². The minimum atomic E-state index is -0.415. The maximum atomic E-state index is 11.5. The highest BCUT2D eigenvalue weighted by atomic mass is 16.6. The van der Waals surface area contributed by atoms with Crippen molar-refractivity contribution in [1.29, 1.82) is 0 Å². The van der Waals surface area contributed by atoms with Crippen LogP contribution in [-0.4, -0.2) is 38.0 Å². The number of hydrogen-bond acceptors (Lipinski definition) is 4. The van der Waals surface area contributed by atoms with Gasteiger partial charge >= 0.3 is 5.97 Å². The Balaban J connectivity index is 2.37. The standard InChI is InChI=1S/C11H20O4/c1-3-5-10(11(12)14-4-2)15-9-6-7-13-8-9/h9-10H,3-8H2,1-2H3. The minimum absolute atomic E-state index is 0.0611. The van der Waals surface area contributed by atoms with Gasteiger partial charge in [0, 0.05) is 6.61 Å². The number of esters is 1. The zero-order valence-corrected chi connectivity index (χ0v) is 9.53. The first kappa shape index (κ1) is 12.5. The van der Waals surface area contributed by atoms with Crippen molar-refractivity contribution >= 4 is 5.97 Å². The lowest BCUT2D eigenvalue weighted by Crippen LogP contribution is -2.31. The number of ether oxygens (including phenoxy) is 3. The Kier molecular flexibility index (Phi) is 5.65. The van der Waals surface area contributed by atoms with E-state index in [4.69, 9.17) is 14.2 Å². The van der Waals surface area contributed by atoms with Crippen LogP contribution in [0.3, 0.4) is 0 Å². The summed E-state index contributed by atoms with van der Waals surface area (Å²) in [6, 6.07) is 0. The fraction of sp³-hybridized carbons (Fsp3) is 0.909. The van der Waals surface area contributed by atoms with Crippen LogP contribution in [-0.2, 0) is 19.0 Å². The van der Waals surface area contributed by atoms with E-state index >= 15 is 0 Å². The van der Waals surface area contributed by atoms with E-state index in [1.54, 1.807) is 6.92 Å². The van der Waals surface area contributed by atoms with Crippen molar-refractivity contribution in [2.45, 2.75) is 45.3 Å². The fourth-order valence-corrected chi connectivity index (χ4v) is 1.59. The van der Waals surface area contributed by atoms with Gasteiger partial charge in [-0.05, 0) is 19.8 Å². The lowest BCUT2D eigenvalue weighted by molar-refractivity contribution is -0.161. The Hall–Kier alpha value is -0.610. The maximum Gasteiger partial charge on any atom is 0.335 e. The Labute approximate surface area is 90.9 Å². The zero-order chi connectivity index (χ0) is 11.1. The summed E-state index contributed by atoms with van der Waals surface area (Å²) in [6.07, 6.45) is 2.15. The Morgan fingerprint density at radius 1 is 1.53 bits per heavy atom. The lowest BCUT2D eigenvalue weighted by Gasteiger charge is -2.19. The van der Waals surface area contributed by atoms with Crippen molar-refractivity contribution in [3.05, 3.63) is 0 Å². The first-order valence-corrected chi connectivity index (χ1v) is 5.67. The molecule has 4 heteroatoms. The molecule has 4 nitrogen and oxygen atoms in total. The van der Waals surface area contributed by atoms with Crippen LogP contribution in [0.15, 0.2) is 0 Å². The molecule has 0 bridgehead atoms. The van der Waals surface area contributed by atoms with Crippen molar-refractivity contribution in [2.75, 3.05) is 19.8 Å². The van der Waals surface area contributed by atoms with Crippen LogP contribution < -0.4 is 0 Å². The highest BCUT2D eigenvalue weighted by Crippen LogP contribution is 2.14. The summed E-state index contributed by atoms with van der Waals surface area (Å²) in [7, 11) is 0. The van der Waals surface area contributed by atoms with E-state index in [0.29, 0.717) is 13.2 Å². The molecule has 0 aromatic rings. The molecular formula is C11H20O4. The first-order valence-electron chi connectivity index (χ1n) is 5.67. The second-order valence-electron chi connectivity index (χ2n) is 3.65. The van der Waals surface area contributed by atoms with E-state index in [9.17, 15) is 4.79 Å². The summed E-state index contributed by atoms with van der Waals surface area (Å²) in [6.45, 7) is 5.57. The molecule has 1 aliphatic heterocycles. The van der Waals surface area contributed by atoms with Crippen LogP contribution in [0.2, 0.25) is 0 Å².